The molecule has 9 heteroatoms. The van der Waals surface area contributed by atoms with Crippen molar-refractivity contribution in [1.29, 1.82) is 0 Å². The molecule has 0 spiro atoms. The Morgan fingerprint density at radius 3 is 2.93 bits per heavy atom. The van der Waals surface area contributed by atoms with Crippen molar-refractivity contribution in [2.24, 2.45) is 0 Å². The van der Waals surface area contributed by atoms with E-state index in [-0.39, 0.29) is 12.3 Å². The van der Waals surface area contributed by atoms with Crippen molar-refractivity contribution in [2.45, 2.75) is 12.8 Å². The molecular formula is C19H16BrClN4O3. The van der Waals surface area contributed by atoms with Gasteiger partial charge in [0.05, 0.1) is 36.0 Å². The lowest BCUT2D eigenvalue weighted by molar-refractivity contribution is -0.115. The van der Waals surface area contributed by atoms with Gasteiger partial charge in [-0.3, -0.25) is 4.79 Å². The molecule has 0 radical (unpaired) electrons. The van der Waals surface area contributed by atoms with Gasteiger partial charge in [-0.2, -0.15) is 5.10 Å². The summed E-state index contributed by atoms with van der Waals surface area (Å²) < 4.78 is 13.7. The van der Waals surface area contributed by atoms with E-state index in [9.17, 15) is 4.79 Å². The first kappa shape index (κ1) is 18.8. The predicted octanol–water partition coefficient (Wildman–Crippen LogP) is 4.03. The normalized spacial score (nSPS) is 13.1. The van der Waals surface area contributed by atoms with Crippen LogP contribution < -0.4 is 14.8 Å². The van der Waals surface area contributed by atoms with Gasteiger partial charge in [0.2, 0.25) is 5.91 Å². The number of aromatic nitrogens is 3. The fourth-order valence-electron chi connectivity index (χ4n) is 2.91. The minimum Gasteiger partial charge on any atom is -0.489 e. The van der Waals surface area contributed by atoms with Gasteiger partial charge in [-0.15, -0.1) is 0 Å². The number of amides is 1. The molecule has 144 valence electrons. The Morgan fingerprint density at radius 2 is 2.11 bits per heavy atom. The van der Waals surface area contributed by atoms with E-state index in [4.69, 9.17) is 21.1 Å². The second-order valence-electron chi connectivity index (χ2n) is 6.18. The molecule has 1 amide bonds. The van der Waals surface area contributed by atoms with Crippen LogP contribution in [-0.2, 0) is 11.2 Å². The predicted molar refractivity (Wildman–Crippen MR) is 108 cm³/mol. The van der Waals surface area contributed by atoms with Gasteiger partial charge in [0.1, 0.15) is 12.7 Å². The lowest BCUT2D eigenvalue weighted by Gasteiger charge is -2.13. The molecule has 4 rings (SSSR count). The van der Waals surface area contributed by atoms with Crippen LogP contribution >= 0.6 is 27.5 Å². The molecule has 0 fully saturated rings. The summed E-state index contributed by atoms with van der Waals surface area (Å²) in [7, 11) is 0. The van der Waals surface area contributed by atoms with Gasteiger partial charge in [-0.1, -0.05) is 27.5 Å². The number of hydrogen-bond acceptors (Lipinski definition) is 5. The molecule has 0 atom stereocenters. The SMILES string of the molecule is O=C(Cc1cc(Cl)c2c(c1)OCCCO2)Nc1cc(Br)ccc1-n1cncn1. The average Bonchev–Trinajstić information content (AvgIpc) is 3.07. The van der Waals surface area contributed by atoms with Gasteiger partial charge < -0.3 is 14.8 Å². The van der Waals surface area contributed by atoms with Gasteiger partial charge in [-0.05, 0) is 35.9 Å². The molecule has 1 aliphatic heterocycles. The summed E-state index contributed by atoms with van der Waals surface area (Å²) in [6.07, 6.45) is 3.93. The molecule has 1 N–H and O–H groups in total. The average molecular weight is 464 g/mol. The van der Waals surface area contributed by atoms with E-state index in [1.807, 2.05) is 18.2 Å². The zero-order valence-electron chi connectivity index (χ0n) is 14.7. The molecular weight excluding hydrogens is 448 g/mol. The molecule has 2 aromatic carbocycles. The Kier molecular flexibility index (Phi) is 5.50. The fraction of sp³-hybridized carbons (Fsp3) is 0.211. The Morgan fingerprint density at radius 1 is 1.25 bits per heavy atom. The minimum atomic E-state index is -0.190. The second kappa shape index (κ2) is 8.20. The Bertz CT molecular complexity index is 1010. The van der Waals surface area contributed by atoms with Crippen LogP contribution in [0.1, 0.15) is 12.0 Å². The summed E-state index contributed by atoms with van der Waals surface area (Å²) in [5, 5.41) is 7.49. The number of fused-ring (bicyclic) bond motifs is 1. The highest BCUT2D eigenvalue weighted by Crippen LogP contribution is 2.38. The van der Waals surface area contributed by atoms with E-state index in [1.165, 1.54) is 6.33 Å². The first-order valence-corrected chi connectivity index (χ1v) is 9.79. The topological polar surface area (TPSA) is 78.3 Å². The highest BCUT2D eigenvalue weighted by Gasteiger charge is 2.17. The van der Waals surface area contributed by atoms with Crippen molar-refractivity contribution in [3.05, 3.63) is 58.0 Å². The number of rotatable bonds is 4. The Hall–Kier alpha value is -2.58. The van der Waals surface area contributed by atoms with E-state index >= 15 is 0 Å². The van der Waals surface area contributed by atoms with Crippen LogP contribution in [0.3, 0.4) is 0 Å². The maximum Gasteiger partial charge on any atom is 0.228 e. The van der Waals surface area contributed by atoms with E-state index in [1.54, 1.807) is 23.1 Å². The molecule has 3 aromatic rings. The zero-order chi connectivity index (χ0) is 19.5. The van der Waals surface area contributed by atoms with E-state index in [0.717, 1.165) is 16.5 Å². The van der Waals surface area contributed by atoms with Crippen LogP contribution in [-0.4, -0.2) is 33.9 Å². The highest BCUT2D eigenvalue weighted by molar-refractivity contribution is 9.10. The molecule has 1 aromatic heterocycles. The van der Waals surface area contributed by atoms with E-state index in [2.05, 4.69) is 31.3 Å². The molecule has 2 heterocycles. The number of nitrogens with one attached hydrogen (secondary N) is 1. The van der Waals surface area contributed by atoms with Crippen molar-refractivity contribution in [1.82, 2.24) is 14.8 Å². The van der Waals surface area contributed by atoms with Crippen molar-refractivity contribution in [3.63, 3.8) is 0 Å². The number of carbonyl (C=O) groups excluding carboxylic acids is 1. The second-order valence-corrected chi connectivity index (χ2v) is 7.50. The van der Waals surface area contributed by atoms with Gasteiger partial charge in [0.15, 0.2) is 11.5 Å². The first-order valence-electron chi connectivity index (χ1n) is 8.62. The van der Waals surface area contributed by atoms with Crippen LogP contribution in [0, 0.1) is 0 Å². The molecule has 0 saturated carbocycles. The summed E-state index contributed by atoms with van der Waals surface area (Å²) in [5.74, 6) is 0.910. The minimum absolute atomic E-state index is 0.139. The highest BCUT2D eigenvalue weighted by atomic mass is 79.9. The zero-order valence-corrected chi connectivity index (χ0v) is 17.0. The monoisotopic (exact) mass is 462 g/mol. The number of hydrogen-bond donors (Lipinski definition) is 1. The summed E-state index contributed by atoms with van der Waals surface area (Å²) in [4.78, 5) is 16.6. The Balaban J connectivity index is 1.55. The number of nitrogens with zero attached hydrogens (tertiary/aromatic N) is 3. The van der Waals surface area contributed by atoms with Crippen molar-refractivity contribution in [3.8, 4) is 17.2 Å². The van der Waals surface area contributed by atoms with Crippen molar-refractivity contribution in [2.75, 3.05) is 18.5 Å². The third-order valence-corrected chi connectivity index (χ3v) is 4.90. The van der Waals surface area contributed by atoms with Crippen molar-refractivity contribution < 1.29 is 14.3 Å². The number of carbonyl (C=O) groups is 1. The first-order chi connectivity index (χ1) is 13.6. The van der Waals surface area contributed by atoms with E-state index in [0.29, 0.717) is 41.1 Å². The van der Waals surface area contributed by atoms with Crippen LogP contribution in [0.5, 0.6) is 11.5 Å². The third-order valence-electron chi connectivity index (χ3n) is 4.12. The molecule has 28 heavy (non-hydrogen) atoms. The molecule has 7 nitrogen and oxygen atoms in total. The summed E-state index contributed by atoms with van der Waals surface area (Å²) >= 11 is 9.75. The summed E-state index contributed by atoms with van der Waals surface area (Å²) in [6, 6.07) is 9.06. The number of benzene rings is 2. The van der Waals surface area contributed by atoms with E-state index < -0.39 is 0 Å². The van der Waals surface area contributed by atoms with Crippen LogP contribution in [0.4, 0.5) is 5.69 Å². The van der Waals surface area contributed by atoms with Crippen LogP contribution in [0.2, 0.25) is 5.02 Å². The summed E-state index contributed by atoms with van der Waals surface area (Å²) in [5.41, 5.74) is 2.07. The van der Waals surface area contributed by atoms with Crippen LogP contribution in [0.15, 0.2) is 47.5 Å². The molecule has 0 bridgehead atoms. The lowest BCUT2D eigenvalue weighted by atomic mass is 10.1. The molecule has 0 unspecified atom stereocenters. The molecule has 1 aliphatic rings. The van der Waals surface area contributed by atoms with Crippen molar-refractivity contribution >= 4 is 39.1 Å². The van der Waals surface area contributed by atoms with Gasteiger partial charge in [0.25, 0.3) is 0 Å². The molecule has 0 aliphatic carbocycles. The largest absolute Gasteiger partial charge is 0.489 e. The van der Waals surface area contributed by atoms with Crippen LogP contribution in [0.25, 0.3) is 5.69 Å². The lowest BCUT2D eigenvalue weighted by Crippen LogP contribution is -2.16. The summed E-state index contributed by atoms with van der Waals surface area (Å²) in [6.45, 7) is 1.11. The number of anilines is 1. The third kappa shape index (κ3) is 4.13. The maximum atomic E-state index is 12.7. The molecule has 0 saturated heterocycles. The fourth-order valence-corrected chi connectivity index (χ4v) is 3.56. The number of halogens is 2. The standard InChI is InChI=1S/C19H16BrClN4O3/c20-13-2-3-16(25-11-22-10-23-25)15(9-13)24-18(26)8-12-6-14(21)19-17(7-12)27-4-1-5-28-19/h2-3,6-7,9-11H,1,4-5,8H2,(H,24,26). The van der Waals surface area contributed by atoms with Gasteiger partial charge in [-0.25, -0.2) is 9.67 Å². The number of ether oxygens (including phenoxy) is 2. The maximum absolute atomic E-state index is 12.7. The van der Waals surface area contributed by atoms with Gasteiger partial charge >= 0.3 is 0 Å². The smallest absolute Gasteiger partial charge is 0.228 e. The Labute approximate surface area is 174 Å². The van der Waals surface area contributed by atoms with Gasteiger partial charge in [0, 0.05) is 10.9 Å². The quantitative estimate of drug-likeness (QED) is 0.632.